The van der Waals surface area contributed by atoms with Crippen LogP contribution in [0.3, 0.4) is 0 Å². The van der Waals surface area contributed by atoms with E-state index >= 15 is 0 Å². The second-order valence-corrected chi connectivity index (χ2v) is 6.20. The van der Waals surface area contributed by atoms with Crippen LogP contribution in [0.4, 0.5) is 0 Å². The topological polar surface area (TPSA) is 111 Å². The molecule has 1 amide bonds. The van der Waals surface area contributed by atoms with Crippen molar-refractivity contribution in [1.29, 1.82) is 5.26 Å². The number of hydrogen-bond acceptors (Lipinski definition) is 7. The minimum absolute atomic E-state index is 0.00157. The van der Waals surface area contributed by atoms with Gasteiger partial charge in [-0.15, -0.1) is 11.3 Å². The number of nitriles is 1. The number of aromatic amines is 1. The van der Waals surface area contributed by atoms with E-state index in [0.29, 0.717) is 22.4 Å². The van der Waals surface area contributed by atoms with E-state index in [9.17, 15) is 9.59 Å². The molecule has 9 heteroatoms. The van der Waals surface area contributed by atoms with Crippen molar-refractivity contribution in [3.63, 3.8) is 0 Å². The number of thioether (sulfide) groups is 1. The third kappa shape index (κ3) is 2.93. The van der Waals surface area contributed by atoms with Crippen molar-refractivity contribution in [2.24, 2.45) is 4.99 Å². The lowest BCUT2D eigenvalue weighted by Gasteiger charge is -2.05. The smallest absolute Gasteiger partial charge is 0.270 e. The maximum Gasteiger partial charge on any atom is 0.270 e. The molecule has 0 radical (unpaired) electrons. The number of nitrogens with one attached hydrogen (secondary N) is 2. The summed E-state index contributed by atoms with van der Waals surface area (Å²) in [6.07, 6.45) is 0. The number of carbonyl (C=O) groups is 1. The number of amidine groups is 1. The molecule has 110 valence electrons. The molecule has 0 bridgehead atoms. The second kappa shape index (κ2) is 6.13. The number of hydrogen-bond donors (Lipinski definition) is 2. The van der Waals surface area contributed by atoms with E-state index in [-0.39, 0.29) is 18.0 Å². The Labute approximate surface area is 133 Å². The summed E-state index contributed by atoms with van der Waals surface area (Å²) in [5.74, 6) is 0.806. The number of H-pyrrole nitrogens is 1. The van der Waals surface area contributed by atoms with Gasteiger partial charge in [0, 0.05) is 0 Å². The van der Waals surface area contributed by atoms with Gasteiger partial charge in [-0.3, -0.25) is 14.6 Å². The predicted octanol–water partition coefficient (Wildman–Crippen LogP) is 0.990. The van der Waals surface area contributed by atoms with Crippen molar-refractivity contribution < 1.29 is 4.79 Å². The predicted molar refractivity (Wildman–Crippen MR) is 84.1 cm³/mol. The first-order valence-electron chi connectivity index (χ1n) is 6.21. The third-order valence-electron chi connectivity index (χ3n) is 2.81. The van der Waals surface area contributed by atoms with Crippen LogP contribution in [0.15, 0.2) is 32.5 Å². The SMILES string of the molecule is N#Cc1c(-c2cccs2)nc(SCC2=NCC(=O)N2)[nH]c1=O. The molecule has 0 spiro atoms. The average Bonchev–Trinajstić information content (AvgIpc) is 3.16. The molecule has 1 aliphatic heterocycles. The number of thiophene rings is 1. The molecule has 0 unspecified atom stereocenters. The van der Waals surface area contributed by atoms with Crippen molar-refractivity contribution in [3.8, 4) is 16.6 Å². The van der Waals surface area contributed by atoms with Gasteiger partial charge in [-0.2, -0.15) is 5.26 Å². The molecule has 3 rings (SSSR count). The van der Waals surface area contributed by atoms with Crippen LogP contribution >= 0.6 is 23.1 Å². The molecule has 3 heterocycles. The Morgan fingerprint density at radius 2 is 2.32 bits per heavy atom. The highest BCUT2D eigenvalue weighted by Crippen LogP contribution is 2.26. The highest BCUT2D eigenvalue weighted by atomic mass is 32.2. The third-order valence-corrected chi connectivity index (χ3v) is 4.57. The van der Waals surface area contributed by atoms with Crippen LogP contribution in [0.5, 0.6) is 0 Å². The van der Waals surface area contributed by atoms with E-state index in [1.807, 2.05) is 23.6 Å². The quantitative estimate of drug-likeness (QED) is 0.641. The largest absolute Gasteiger partial charge is 0.312 e. The summed E-state index contributed by atoms with van der Waals surface area (Å²) in [6.45, 7) is 0.133. The lowest BCUT2D eigenvalue weighted by molar-refractivity contribution is -0.117. The van der Waals surface area contributed by atoms with E-state index in [0.717, 1.165) is 4.88 Å². The molecule has 0 saturated carbocycles. The second-order valence-electron chi connectivity index (χ2n) is 4.28. The van der Waals surface area contributed by atoms with Gasteiger partial charge in [0.15, 0.2) is 5.16 Å². The number of aliphatic imine (C=N–C) groups is 1. The first kappa shape index (κ1) is 14.5. The van der Waals surface area contributed by atoms with E-state index in [2.05, 4.69) is 20.3 Å². The molecule has 2 aromatic heterocycles. The van der Waals surface area contributed by atoms with Gasteiger partial charge >= 0.3 is 0 Å². The molecule has 0 saturated heterocycles. The van der Waals surface area contributed by atoms with Gasteiger partial charge < -0.3 is 10.3 Å². The van der Waals surface area contributed by atoms with Gasteiger partial charge in [-0.25, -0.2) is 4.98 Å². The highest BCUT2D eigenvalue weighted by molar-refractivity contribution is 7.99. The molecule has 7 nitrogen and oxygen atoms in total. The molecule has 1 aliphatic rings. The lowest BCUT2D eigenvalue weighted by Crippen LogP contribution is -2.26. The van der Waals surface area contributed by atoms with Crippen molar-refractivity contribution >= 4 is 34.8 Å². The first-order valence-corrected chi connectivity index (χ1v) is 8.08. The summed E-state index contributed by atoms with van der Waals surface area (Å²) >= 11 is 2.66. The van der Waals surface area contributed by atoms with Gasteiger partial charge in [-0.1, -0.05) is 17.8 Å². The Kier molecular flexibility index (Phi) is 4.04. The molecule has 0 fully saturated rings. The Bertz CT molecular complexity index is 848. The van der Waals surface area contributed by atoms with Crippen LogP contribution in [-0.2, 0) is 4.79 Å². The normalized spacial score (nSPS) is 13.6. The van der Waals surface area contributed by atoms with Crippen LogP contribution in [-0.4, -0.2) is 34.0 Å². The minimum atomic E-state index is -0.471. The zero-order chi connectivity index (χ0) is 15.5. The molecular formula is C13H9N5O2S2. The van der Waals surface area contributed by atoms with Crippen LogP contribution in [0.25, 0.3) is 10.6 Å². The summed E-state index contributed by atoms with van der Waals surface area (Å²) < 4.78 is 0. The molecule has 2 N–H and O–H groups in total. The number of carbonyl (C=O) groups excluding carboxylic acids is 1. The summed E-state index contributed by atoms with van der Waals surface area (Å²) in [4.78, 5) is 34.8. The van der Waals surface area contributed by atoms with Crippen molar-refractivity contribution in [2.45, 2.75) is 5.16 Å². The molecule has 0 atom stereocenters. The summed E-state index contributed by atoms with van der Waals surface area (Å²) in [5.41, 5.74) is -0.0970. The Morgan fingerprint density at radius 1 is 1.45 bits per heavy atom. The number of nitrogens with zero attached hydrogens (tertiary/aromatic N) is 3. The molecule has 2 aromatic rings. The fourth-order valence-corrected chi connectivity index (χ4v) is 3.32. The molecule has 0 aromatic carbocycles. The maximum absolute atomic E-state index is 12.0. The van der Waals surface area contributed by atoms with E-state index in [1.54, 1.807) is 0 Å². The van der Waals surface area contributed by atoms with Crippen LogP contribution in [0.2, 0.25) is 0 Å². The fraction of sp³-hybridized carbons (Fsp3) is 0.154. The average molecular weight is 331 g/mol. The van der Waals surface area contributed by atoms with Gasteiger partial charge in [-0.05, 0) is 11.4 Å². The lowest BCUT2D eigenvalue weighted by atomic mass is 10.2. The Balaban J connectivity index is 1.88. The number of aromatic nitrogens is 2. The Hall–Kier alpha value is -2.44. The number of rotatable bonds is 4. The monoisotopic (exact) mass is 331 g/mol. The zero-order valence-corrected chi connectivity index (χ0v) is 12.8. The van der Waals surface area contributed by atoms with E-state index in [4.69, 9.17) is 5.26 Å². The van der Waals surface area contributed by atoms with Crippen LogP contribution in [0.1, 0.15) is 5.56 Å². The standard InChI is InChI=1S/C13H9N5O2S2/c14-4-7-11(8-2-1-3-21-8)17-13(18-12(7)20)22-6-9-15-5-10(19)16-9/h1-3H,5-6H2,(H,15,16,19)(H,17,18,20). The van der Waals surface area contributed by atoms with Crippen LogP contribution < -0.4 is 10.9 Å². The molecule has 22 heavy (non-hydrogen) atoms. The van der Waals surface area contributed by atoms with Gasteiger partial charge in [0.05, 0.1) is 10.6 Å². The minimum Gasteiger partial charge on any atom is -0.312 e. The molecular weight excluding hydrogens is 322 g/mol. The van der Waals surface area contributed by atoms with E-state index in [1.165, 1.54) is 23.1 Å². The van der Waals surface area contributed by atoms with Crippen molar-refractivity contribution in [2.75, 3.05) is 12.3 Å². The molecule has 0 aliphatic carbocycles. The van der Waals surface area contributed by atoms with Crippen molar-refractivity contribution in [1.82, 2.24) is 15.3 Å². The van der Waals surface area contributed by atoms with E-state index < -0.39 is 5.56 Å². The summed E-state index contributed by atoms with van der Waals surface area (Å²) in [7, 11) is 0. The van der Waals surface area contributed by atoms with Gasteiger partial charge in [0.2, 0.25) is 5.91 Å². The number of amides is 1. The van der Waals surface area contributed by atoms with Crippen LogP contribution in [0, 0.1) is 11.3 Å². The Morgan fingerprint density at radius 3 is 2.95 bits per heavy atom. The zero-order valence-electron chi connectivity index (χ0n) is 11.1. The summed E-state index contributed by atoms with van der Waals surface area (Å²) in [6, 6.07) is 5.53. The summed E-state index contributed by atoms with van der Waals surface area (Å²) in [5, 5.41) is 14.0. The first-order chi connectivity index (χ1) is 10.7. The fourth-order valence-electron chi connectivity index (χ4n) is 1.84. The van der Waals surface area contributed by atoms with Gasteiger partial charge in [0.1, 0.15) is 29.7 Å². The van der Waals surface area contributed by atoms with Crippen molar-refractivity contribution in [3.05, 3.63) is 33.4 Å². The highest BCUT2D eigenvalue weighted by Gasteiger charge is 2.17. The van der Waals surface area contributed by atoms with Gasteiger partial charge in [0.25, 0.3) is 5.56 Å². The maximum atomic E-state index is 12.0.